The van der Waals surface area contributed by atoms with Crippen molar-refractivity contribution in [2.75, 3.05) is 19.6 Å². The molecule has 2 aliphatic rings. The molecule has 18 heavy (non-hydrogen) atoms. The van der Waals surface area contributed by atoms with E-state index in [9.17, 15) is 14.7 Å². The first-order chi connectivity index (χ1) is 8.59. The van der Waals surface area contributed by atoms with E-state index in [-0.39, 0.29) is 30.5 Å². The second-order valence-electron chi connectivity index (χ2n) is 5.35. The molecule has 0 radical (unpaired) electrons. The van der Waals surface area contributed by atoms with Crippen LogP contribution in [0.3, 0.4) is 0 Å². The third kappa shape index (κ3) is 2.83. The SMILES string of the molecule is CC(O)CCCN1CC(=O)N2CCCCC2C1=O. The fourth-order valence-electron chi connectivity index (χ4n) is 2.80. The number of hydrogen-bond donors (Lipinski definition) is 1. The van der Waals surface area contributed by atoms with E-state index in [1.54, 1.807) is 16.7 Å². The molecule has 2 aliphatic heterocycles. The molecule has 2 rings (SSSR count). The largest absolute Gasteiger partial charge is 0.393 e. The summed E-state index contributed by atoms with van der Waals surface area (Å²) in [5.74, 6) is 0.177. The monoisotopic (exact) mass is 254 g/mol. The smallest absolute Gasteiger partial charge is 0.245 e. The van der Waals surface area contributed by atoms with Gasteiger partial charge in [-0.05, 0) is 39.0 Å². The number of fused-ring (bicyclic) bond motifs is 1. The van der Waals surface area contributed by atoms with Gasteiger partial charge in [0, 0.05) is 13.1 Å². The number of aliphatic hydroxyl groups is 1. The van der Waals surface area contributed by atoms with Gasteiger partial charge in [0.1, 0.15) is 6.04 Å². The fraction of sp³-hybridized carbons (Fsp3) is 0.846. The topological polar surface area (TPSA) is 60.9 Å². The minimum atomic E-state index is -0.341. The van der Waals surface area contributed by atoms with Crippen molar-refractivity contribution < 1.29 is 14.7 Å². The van der Waals surface area contributed by atoms with Gasteiger partial charge in [-0.3, -0.25) is 9.59 Å². The number of carbonyl (C=O) groups excluding carboxylic acids is 2. The van der Waals surface area contributed by atoms with Crippen molar-refractivity contribution in [3.8, 4) is 0 Å². The van der Waals surface area contributed by atoms with Crippen molar-refractivity contribution in [2.24, 2.45) is 0 Å². The van der Waals surface area contributed by atoms with Gasteiger partial charge in [-0.25, -0.2) is 0 Å². The van der Waals surface area contributed by atoms with E-state index in [0.717, 1.165) is 32.2 Å². The predicted octanol–water partition coefficient (Wildman–Crippen LogP) is 0.371. The normalized spacial score (nSPS) is 26.2. The molecule has 0 saturated carbocycles. The van der Waals surface area contributed by atoms with Crippen LogP contribution in [-0.2, 0) is 9.59 Å². The Morgan fingerprint density at radius 3 is 2.89 bits per heavy atom. The molecule has 0 aromatic carbocycles. The summed E-state index contributed by atoms with van der Waals surface area (Å²) in [5.41, 5.74) is 0. The molecule has 2 fully saturated rings. The average molecular weight is 254 g/mol. The molecule has 2 heterocycles. The molecule has 5 nitrogen and oxygen atoms in total. The number of nitrogens with zero attached hydrogens (tertiary/aromatic N) is 2. The maximum atomic E-state index is 12.3. The van der Waals surface area contributed by atoms with Crippen LogP contribution in [0.4, 0.5) is 0 Å². The summed E-state index contributed by atoms with van der Waals surface area (Å²) in [7, 11) is 0. The van der Waals surface area contributed by atoms with Gasteiger partial charge in [-0.1, -0.05) is 0 Å². The van der Waals surface area contributed by atoms with Crippen molar-refractivity contribution in [2.45, 2.75) is 51.2 Å². The third-order valence-corrected chi connectivity index (χ3v) is 3.80. The van der Waals surface area contributed by atoms with Gasteiger partial charge in [0.15, 0.2) is 0 Å². The Bertz CT molecular complexity index is 330. The molecule has 2 atom stereocenters. The quantitative estimate of drug-likeness (QED) is 0.788. The number of aliphatic hydroxyl groups excluding tert-OH is 1. The zero-order chi connectivity index (χ0) is 13.1. The molecular formula is C13H22N2O3. The molecule has 102 valence electrons. The second kappa shape index (κ2) is 5.69. The van der Waals surface area contributed by atoms with Crippen molar-refractivity contribution in [1.82, 2.24) is 9.80 Å². The van der Waals surface area contributed by atoms with Gasteiger partial charge >= 0.3 is 0 Å². The van der Waals surface area contributed by atoms with Crippen molar-refractivity contribution in [1.29, 1.82) is 0 Å². The van der Waals surface area contributed by atoms with Crippen LogP contribution in [0.5, 0.6) is 0 Å². The van der Waals surface area contributed by atoms with Crippen LogP contribution in [-0.4, -0.2) is 58.5 Å². The van der Waals surface area contributed by atoms with Gasteiger partial charge in [0.2, 0.25) is 11.8 Å². The molecule has 2 saturated heterocycles. The number of piperidine rings is 1. The summed E-state index contributed by atoms with van der Waals surface area (Å²) in [4.78, 5) is 27.6. The summed E-state index contributed by atoms with van der Waals surface area (Å²) >= 11 is 0. The molecular weight excluding hydrogens is 232 g/mol. The molecule has 2 unspecified atom stereocenters. The minimum absolute atomic E-state index is 0.0800. The third-order valence-electron chi connectivity index (χ3n) is 3.80. The van der Waals surface area contributed by atoms with Crippen LogP contribution in [0.2, 0.25) is 0 Å². The molecule has 0 aromatic heterocycles. The lowest BCUT2D eigenvalue weighted by Gasteiger charge is -2.42. The minimum Gasteiger partial charge on any atom is -0.393 e. The Labute approximate surface area is 108 Å². The Kier molecular flexibility index (Phi) is 4.22. The van der Waals surface area contributed by atoms with E-state index in [4.69, 9.17) is 0 Å². The predicted molar refractivity (Wildman–Crippen MR) is 66.8 cm³/mol. The van der Waals surface area contributed by atoms with Crippen molar-refractivity contribution >= 4 is 11.8 Å². The molecule has 1 N–H and O–H groups in total. The van der Waals surface area contributed by atoms with E-state index >= 15 is 0 Å². The van der Waals surface area contributed by atoms with Crippen LogP contribution in [0.1, 0.15) is 39.0 Å². The highest BCUT2D eigenvalue weighted by Crippen LogP contribution is 2.23. The number of amides is 2. The van der Waals surface area contributed by atoms with Gasteiger partial charge in [-0.2, -0.15) is 0 Å². The van der Waals surface area contributed by atoms with Crippen LogP contribution in [0, 0.1) is 0 Å². The molecule has 0 aromatic rings. The molecule has 0 aliphatic carbocycles. The molecule has 0 bridgehead atoms. The van der Waals surface area contributed by atoms with E-state index in [1.165, 1.54) is 0 Å². The van der Waals surface area contributed by atoms with Crippen molar-refractivity contribution in [3.05, 3.63) is 0 Å². The van der Waals surface area contributed by atoms with E-state index in [0.29, 0.717) is 13.0 Å². The van der Waals surface area contributed by atoms with Gasteiger partial charge in [0.05, 0.1) is 12.6 Å². The first-order valence-corrected chi connectivity index (χ1v) is 6.86. The van der Waals surface area contributed by atoms with Gasteiger partial charge in [0.25, 0.3) is 0 Å². The lowest BCUT2D eigenvalue weighted by atomic mass is 9.98. The zero-order valence-corrected chi connectivity index (χ0v) is 11.0. The van der Waals surface area contributed by atoms with Gasteiger partial charge in [-0.15, -0.1) is 0 Å². The van der Waals surface area contributed by atoms with Crippen LogP contribution >= 0.6 is 0 Å². The summed E-state index contributed by atoms with van der Waals surface area (Å²) in [5, 5.41) is 9.21. The molecule has 2 amide bonds. The number of carbonyl (C=O) groups is 2. The Balaban J connectivity index is 1.92. The second-order valence-corrected chi connectivity index (χ2v) is 5.35. The summed E-state index contributed by atoms with van der Waals surface area (Å²) in [6, 6.07) is -0.216. The summed E-state index contributed by atoms with van der Waals surface area (Å²) in [6.45, 7) is 3.28. The van der Waals surface area contributed by atoms with Crippen LogP contribution in [0.15, 0.2) is 0 Å². The summed E-state index contributed by atoms with van der Waals surface area (Å²) in [6.07, 6.45) is 3.93. The van der Waals surface area contributed by atoms with E-state index < -0.39 is 0 Å². The lowest BCUT2D eigenvalue weighted by Crippen LogP contribution is -2.61. The maximum absolute atomic E-state index is 12.3. The van der Waals surface area contributed by atoms with E-state index in [2.05, 4.69) is 0 Å². The van der Waals surface area contributed by atoms with Crippen LogP contribution < -0.4 is 0 Å². The van der Waals surface area contributed by atoms with Gasteiger partial charge < -0.3 is 14.9 Å². The Morgan fingerprint density at radius 1 is 1.39 bits per heavy atom. The fourth-order valence-corrected chi connectivity index (χ4v) is 2.80. The first kappa shape index (κ1) is 13.3. The standard InChI is InChI=1S/C13H22N2O3/c1-10(16)5-4-7-14-9-12(17)15-8-3-2-6-11(15)13(14)18/h10-11,16H,2-9H2,1H3. The average Bonchev–Trinajstić information content (AvgIpc) is 2.35. The number of hydrogen-bond acceptors (Lipinski definition) is 3. The lowest BCUT2D eigenvalue weighted by molar-refractivity contribution is -0.157. The van der Waals surface area contributed by atoms with Crippen LogP contribution in [0.25, 0.3) is 0 Å². The number of piperazine rings is 1. The highest BCUT2D eigenvalue weighted by atomic mass is 16.3. The Morgan fingerprint density at radius 2 is 2.17 bits per heavy atom. The molecule has 5 heteroatoms. The molecule has 0 spiro atoms. The zero-order valence-electron chi connectivity index (χ0n) is 11.0. The Hall–Kier alpha value is -1.10. The maximum Gasteiger partial charge on any atom is 0.245 e. The highest BCUT2D eigenvalue weighted by molar-refractivity contribution is 5.95. The summed E-state index contributed by atoms with van der Waals surface area (Å²) < 4.78 is 0. The first-order valence-electron chi connectivity index (χ1n) is 6.86. The van der Waals surface area contributed by atoms with E-state index in [1.807, 2.05) is 0 Å². The highest BCUT2D eigenvalue weighted by Gasteiger charge is 2.39. The number of rotatable bonds is 4. The van der Waals surface area contributed by atoms with Crippen molar-refractivity contribution in [3.63, 3.8) is 0 Å².